The number of hydrogen-bond acceptors (Lipinski definition) is 8. The smallest absolute Gasteiger partial charge is 0.301 e. The Balaban J connectivity index is 1.20. The SMILES string of the molecule is C#Cc1cc(NS(=O)(=O)N2CCN(c3ccc(-c4cc(-c5cnn(C)c5)cn5ncc(C#N)c45)cn3)CC2)cnc1F. The van der Waals surface area contributed by atoms with Gasteiger partial charge in [-0.05, 0) is 24.3 Å². The topological polar surface area (TPSA) is 137 Å². The first-order valence-corrected chi connectivity index (χ1v) is 14.2. The van der Waals surface area contributed by atoms with Crippen molar-refractivity contribution in [2.75, 3.05) is 35.8 Å². The van der Waals surface area contributed by atoms with Gasteiger partial charge >= 0.3 is 10.2 Å². The van der Waals surface area contributed by atoms with Gasteiger partial charge in [0.15, 0.2) is 0 Å². The Morgan fingerprint density at radius 3 is 2.43 bits per heavy atom. The Morgan fingerprint density at radius 2 is 1.76 bits per heavy atom. The highest BCUT2D eigenvalue weighted by Gasteiger charge is 2.28. The van der Waals surface area contributed by atoms with Crippen LogP contribution in [0.15, 0.2) is 61.4 Å². The number of nitriles is 1. The van der Waals surface area contributed by atoms with Gasteiger partial charge < -0.3 is 4.90 Å². The van der Waals surface area contributed by atoms with Crippen molar-refractivity contribution in [2.24, 2.45) is 7.05 Å². The number of nitrogens with zero attached hydrogens (tertiary/aromatic N) is 9. The minimum atomic E-state index is -3.91. The summed E-state index contributed by atoms with van der Waals surface area (Å²) < 4.78 is 46.6. The van der Waals surface area contributed by atoms with Crippen LogP contribution in [0.5, 0.6) is 0 Å². The summed E-state index contributed by atoms with van der Waals surface area (Å²) in [6.45, 7) is 1.24. The molecule has 1 saturated heterocycles. The fourth-order valence-electron chi connectivity index (χ4n) is 4.86. The molecule has 1 N–H and O–H groups in total. The standard InChI is InChI=1S/C28H23FN10O2S/c1-3-19-10-24(16-32-28(19)29)35-42(40,41)38-8-6-37(7-9-38)26-5-4-20(13-31-26)25-11-21(23-15-33-36(2)17-23)18-39-27(25)22(12-30)14-34-39/h1,4-5,10-11,13-18,35H,6-9H2,2H3. The van der Waals surface area contributed by atoms with Gasteiger partial charge in [-0.25, -0.2) is 14.5 Å². The van der Waals surface area contributed by atoms with Gasteiger partial charge in [-0.3, -0.25) is 9.40 Å². The zero-order valence-electron chi connectivity index (χ0n) is 22.3. The van der Waals surface area contributed by atoms with Crippen molar-refractivity contribution in [3.63, 3.8) is 0 Å². The lowest BCUT2D eigenvalue weighted by Gasteiger charge is -2.34. The lowest BCUT2D eigenvalue weighted by molar-refractivity contribution is 0.386. The van der Waals surface area contributed by atoms with Crippen LogP contribution in [0.25, 0.3) is 27.8 Å². The van der Waals surface area contributed by atoms with Crippen molar-refractivity contribution in [1.82, 2.24) is 33.7 Å². The van der Waals surface area contributed by atoms with Gasteiger partial charge in [-0.2, -0.15) is 32.6 Å². The van der Waals surface area contributed by atoms with Crippen LogP contribution in [-0.2, 0) is 17.3 Å². The fraction of sp³-hybridized carbons (Fsp3) is 0.179. The number of pyridine rings is 3. The molecule has 0 atom stereocenters. The third-order valence-electron chi connectivity index (χ3n) is 6.97. The summed E-state index contributed by atoms with van der Waals surface area (Å²) in [5, 5.41) is 18.3. The molecule has 6 heterocycles. The summed E-state index contributed by atoms with van der Waals surface area (Å²) in [4.78, 5) is 10.2. The number of piperazine rings is 1. The molecule has 42 heavy (non-hydrogen) atoms. The van der Waals surface area contributed by atoms with Crippen molar-refractivity contribution in [1.29, 1.82) is 5.26 Å². The molecule has 210 valence electrons. The Bertz CT molecular complexity index is 2000. The second kappa shape index (κ2) is 10.6. The highest BCUT2D eigenvalue weighted by atomic mass is 32.2. The van der Waals surface area contributed by atoms with Crippen molar-refractivity contribution in [2.45, 2.75) is 0 Å². The van der Waals surface area contributed by atoms with Crippen LogP contribution in [0.2, 0.25) is 0 Å². The Kier molecular flexibility index (Phi) is 6.78. The van der Waals surface area contributed by atoms with Crippen molar-refractivity contribution >= 4 is 27.2 Å². The maximum absolute atomic E-state index is 13.6. The van der Waals surface area contributed by atoms with Gasteiger partial charge in [0.05, 0.1) is 40.9 Å². The lowest BCUT2D eigenvalue weighted by atomic mass is 10.0. The van der Waals surface area contributed by atoms with E-state index < -0.39 is 16.2 Å². The van der Waals surface area contributed by atoms with E-state index in [-0.39, 0.29) is 24.3 Å². The van der Waals surface area contributed by atoms with E-state index in [1.54, 1.807) is 21.6 Å². The Morgan fingerprint density at radius 1 is 0.952 bits per heavy atom. The molecule has 1 fully saturated rings. The second-order valence-electron chi connectivity index (χ2n) is 9.61. The largest absolute Gasteiger partial charge is 0.354 e. The molecule has 1 aliphatic rings. The minimum absolute atomic E-state index is 0.0866. The van der Waals surface area contributed by atoms with E-state index >= 15 is 0 Å². The van der Waals surface area contributed by atoms with Crippen molar-refractivity contribution in [3.8, 4) is 40.7 Å². The summed E-state index contributed by atoms with van der Waals surface area (Å²) in [5.74, 6) is 2.00. The molecule has 0 bridgehead atoms. The molecule has 12 nitrogen and oxygen atoms in total. The first-order chi connectivity index (χ1) is 20.3. The van der Waals surface area contributed by atoms with Crippen LogP contribution in [0.4, 0.5) is 15.9 Å². The number of anilines is 2. The third kappa shape index (κ3) is 5.01. The summed E-state index contributed by atoms with van der Waals surface area (Å²) >= 11 is 0. The molecule has 5 aromatic heterocycles. The average molecular weight is 583 g/mol. The van der Waals surface area contributed by atoms with Gasteiger partial charge in [0.25, 0.3) is 0 Å². The summed E-state index contributed by atoms with van der Waals surface area (Å²) in [7, 11) is -2.06. The molecule has 0 amide bonds. The van der Waals surface area contributed by atoms with Crippen LogP contribution >= 0.6 is 0 Å². The van der Waals surface area contributed by atoms with E-state index in [0.29, 0.717) is 30.0 Å². The lowest BCUT2D eigenvalue weighted by Crippen LogP contribution is -2.50. The summed E-state index contributed by atoms with van der Waals surface area (Å²) in [5.41, 5.74) is 4.49. The molecule has 0 aromatic carbocycles. The number of terminal acetylenes is 1. The zero-order chi connectivity index (χ0) is 29.4. The van der Waals surface area contributed by atoms with Crippen molar-refractivity contribution < 1.29 is 12.8 Å². The van der Waals surface area contributed by atoms with Crippen molar-refractivity contribution in [3.05, 3.63) is 78.5 Å². The molecule has 14 heteroatoms. The maximum Gasteiger partial charge on any atom is 0.301 e. The normalized spacial score (nSPS) is 14.0. The zero-order valence-corrected chi connectivity index (χ0v) is 23.1. The molecule has 1 aliphatic heterocycles. The monoisotopic (exact) mass is 582 g/mol. The van der Waals surface area contributed by atoms with E-state index in [4.69, 9.17) is 6.42 Å². The number of fused-ring (bicyclic) bond motifs is 1. The van der Waals surface area contributed by atoms with Crippen LogP contribution in [0, 0.1) is 29.6 Å². The fourth-order valence-corrected chi connectivity index (χ4v) is 6.04. The van der Waals surface area contributed by atoms with Crippen LogP contribution in [0.1, 0.15) is 11.1 Å². The molecule has 6 rings (SSSR count). The summed E-state index contributed by atoms with van der Waals surface area (Å²) in [6, 6.07) is 9.23. The van der Waals surface area contributed by atoms with E-state index in [0.717, 1.165) is 28.5 Å². The Hall–Kier alpha value is -5.31. The van der Waals surface area contributed by atoms with E-state index in [1.165, 1.54) is 16.6 Å². The maximum atomic E-state index is 13.6. The molecular formula is C28H23FN10O2S. The second-order valence-corrected chi connectivity index (χ2v) is 11.3. The van der Waals surface area contributed by atoms with Gasteiger partial charge in [0, 0.05) is 74.1 Å². The highest BCUT2D eigenvalue weighted by Crippen LogP contribution is 2.32. The molecule has 0 spiro atoms. The number of nitrogens with one attached hydrogen (secondary N) is 1. The molecule has 0 unspecified atom stereocenters. The first kappa shape index (κ1) is 26.9. The molecule has 5 aromatic rings. The number of rotatable bonds is 6. The average Bonchev–Trinajstić information content (AvgIpc) is 3.63. The van der Waals surface area contributed by atoms with E-state index in [2.05, 4.69) is 36.9 Å². The molecule has 0 saturated carbocycles. The predicted octanol–water partition coefficient (Wildman–Crippen LogP) is 2.66. The Labute approximate surface area is 240 Å². The van der Waals surface area contributed by atoms with Crippen LogP contribution in [0.3, 0.4) is 0 Å². The van der Waals surface area contributed by atoms with E-state index in [1.807, 2.05) is 42.5 Å². The number of aromatic nitrogens is 6. The first-order valence-electron chi connectivity index (χ1n) is 12.8. The molecule has 0 radical (unpaired) electrons. The number of aryl methyl sites for hydroxylation is 1. The van der Waals surface area contributed by atoms with E-state index in [9.17, 15) is 18.1 Å². The van der Waals surface area contributed by atoms with Gasteiger partial charge in [-0.1, -0.05) is 5.92 Å². The summed E-state index contributed by atoms with van der Waals surface area (Å²) in [6.07, 6.45) is 15.1. The van der Waals surface area contributed by atoms with Gasteiger partial charge in [0.2, 0.25) is 5.95 Å². The van der Waals surface area contributed by atoms with Crippen LogP contribution in [-0.4, -0.2) is 68.3 Å². The van der Waals surface area contributed by atoms with Gasteiger partial charge in [-0.15, -0.1) is 6.42 Å². The number of halogens is 1. The molecule has 0 aliphatic carbocycles. The quantitative estimate of drug-likeness (QED) is 0.238. The number of hydrogen-bond donors (Lipinski definition) is 1. The highest BCUT2D eigenvalue weighted by molar-refractivity contribution is 7.90. The van der Waals surface area contributed by atoms with Gasteiger partial charge in [0.1, 0.15) is 11.9 Å². The minimum Gasteiger partial charge on any atom is -0.354 e. The van der Waals surface area contributed by atoms with Crippen LogP contribution < -0.4 is 9.62 Å². The molecular weight excluding hydrogens is 559 g/mol. The third-order valence-corrected chi connectivity index (χ3v) is 8.51. The predicted molar refractivity (Wildman–Crippen MR) is 154 cm³/mol.